The Morgan fingerprint density at radius 1 is 1.11 bits per heavy atom. The number of anilines is 1. The molecule has 0 aromatic heterocycles. The number of nitrogens with zero attached hydrogens (tertiary/aromatic N) is 1. The highest BCUT2D eigenvalue weighted by molar-refractivity contribution is 5.91. The van der Waals surface area contributed by atoms with Crippen LogP contribution in [0.3, 0.4) is 0 Å². The van der Waals surface area contributed by atoms with Gasteiger partial charge in [-0.05, 0) is 46.4 Å². The van der Waals surface area contributed by atoms with Crippen molar-refractivity contribution in [3.8, 4) is 5.75 Å². The van der Waals surface area contributed by atoms with Crippen molar-refractivity contribution in [1.82, 2.24) is 0 Å². The lowest BCUT2D eigenvalue weighted by Gasteiger charge is -2.38. The maximum absolute atomic E-state index is 11.2. The molecule has 2 aliphatic rings. The van der Waals surface area contributed by atoms with Crippen molar-refractivity contribution < 1.29 is 10.0 Å². The molecule has 0 saturated heterocycles. The van der Waals surface area contributed by atoms with Gasteiger partial charge >= 0.3 is 5.69 Å². The first-order valence-corrected chi connectivity index (χ1v) is 9.05. The van der Waals surface area contributed by atoms with Gasteiger partial charge in [-0.1, -0.05) is 48.6 Å². The van der Waals surface area contributed by atoms with Gasteiger partial charge in [-0.15, -0.1) is 0 Å². The van der Waals surface area contributed by atoms with Crippen LogP contribution in [-0.2, 0) is 0 Å². The Labute approximate surface area is 156 Å². The number of hydrogen-bond donors (Lipinski definition) is 2. The summed E-state index contributed by atoms with van der Waals surface area (Å²) in [6.07, 6.45) is 5.38. The van der Waals surface area contributed by atoms with Crippen LogP contribution in [0.1, 0.15) is 29.5 Å². The highest BCUT2D eigenvalue weighted by Crippen LogP contribution is 2.52. The Morgan fingerprint density at radius 3 is 2.81 bits per heavy atom. The second-order valence-electron chi connectivity index (χ2n) is 7.23. The molecule has 0 radical (unpaired) electrons. The van der Waals surface area contributed by atoms with E-state index in [-0.39, 0.29) is 29.3 Å². The molecule has 0 unspecified atom stereocenters. The summed E-state index contributed by atoms with van der Waals surface area (Å²) in [6.45, 7) is 0. The van der Waals surface area contributed by atoms with Gasteiger partial charge in [0.05, 0.1) is 11.0 Å². The third kappa shape index (κ3) is 2.39. The first-order chi connectivity index (χ1) is 13.1. The van der Waals surface area contributed by atoms with E-state index in [1.165, 1.54) is 28.5 Å². The lowest BCUT2D eigenvalue weighted by Crippen LogP contribution is -2.29. The molecule has 0 bridgehead atoms. The summed E-state index contributed by atoms with van der Waals surface area (Å²) in [5.41, 5.74) is 2.96. The third-order valence-electron chi connectivity index (χ3n) is 5.81. The van der Waals surface area contributed by atoms with E-state index in [2.05, 4.69) is 47.8 Å². The lowest BCUT2D eigenvalue weighted by molar-refractivity contribution is -0.385. The van der Waals surface area contributed by atoms with E-state index < -0.39 is 4.92 Å². The SMILES string of the molecule is O=[N+]([O-])c1cc([C@@H]2Nc3ccc4ccccc4c3[C@@H]3C=CC[C@@H]32)ccc1O. The molecule has 134 valence electrons. The Morgan fingerprint density at radius 2 is 1.96 bits per heavy atom. The molecule has 5 heteroatoms. The fraction of sp³-hybridized carbons (Fsp3) is 0.182. The zero-order valence-electron chi connectivity index (χ0n) is 14.5. The van der Waals surface area contributed by atoms with Crippen molar-refractivity contribution in [3.05, 3.63) is 88.0 Å². The Kier molecular flexibility index (Phi) is 3.44. The molecule has 0 saturated carbocycles. The minimum atomic E-state index is -0.534. The number of phenolic OH excluding ortho intramolecular Hbond substituents is 1. The minimum Gasteiger partial charge on any atom is -0.502 e. The molecule has 0 amide bonds. The maximum Gasteiger partial charge on any atom is 0.311 e. The van der Waals surface area contributed by atoms with Crippen molar-refractivity contribution in [2.75, 3.05) is 5.32 Å². The summed E-state index contributed by atoms with van der Waals surface area (Å²) in [5, 5.41) is 27.1. The Hall–Kier alpha value is -3.34. The smallest absolute Gasteiger partial charge is 0.311 e. The molecule has 2 N–H and O–H groups in total. The van der Waals surface area contributed by atoms with Crippen LogP contribution in [0.2, 0.25) is 0 Å². The molecule has 1 heterocycles. The summed E-state index contributed by atoms with van der Waals surface area (Å²) in [4.78, 5) is 10.7. The second-order valence-corrected chi connectivity index (χ2v) is 7.23. The van der Waals surface area contributed by atoms with Crippen molar-refractivity contribution in [1.29, 1.82) is 0 Å². The Balaban J connectivity index is 1.65. The molecule has 5 rings (SSSR count). The van der Waals surface area contributed by atoms with E-state index in [0.717, 1.165) is 17.7 Å². The van der Waals surface area contributed by atoms with Gasteiger partial charge in [0.2, 0.25) is 0 Å². The standard InChI is InChI=1S/C22H18N2O3/c25-20-11-9-14(12-19(20)24(26)27)22-17-7-3-6-16(17)21-15-5-2-1-4-13(15)8-10-18(21)23-22/h1-6,8-12,16-17,22-23,25H,7H2/t16-,17+,22+/m1/s1. The van der Waals surface area contributed by atoms with Gasteiger partial charge < -0.3 is 10.4 Å². The summed E-state index contributed by atoms with van der Waals surface area (Å²) >= 11 is 0. The van der Waals surface area contributed by atoms with Crippen LogP contribution in [0.25, 0.3) is 10.8 Å². The van der Waals surface area contributed by atoms with E-state index >= 15 is 0 Å². The Bertz CT molecular complexity index is 1110. The number of benzene rings is 3. The molecular weight excluding hydrogens is 340 g/mol. The van der Waals surface area contributed by atoms with Crippen LogP contribution in [0.4, 0.5) is 11.4 Å². The molecular formula is C22H18N2O3. The first kappa shape index (κ1) is 15.9. The monoisotopic (exact) mass is 358 g/mol. The van der Waals surface area contributed by atoms with E-state index in [9.17, 15) is 15.2 Å². The van der Waals surface area contributed by atoms with Gasteiger partial charge in [0.25, 0.3) is 0 Å². The zero-order chi connectivity index (χ0) is 18.5. The highest BCUT2D eigenvalue weighted by atomic mass is 16.6. The fourth-order valence-corrected chi connectivity index (χ4v) is 4.59. The fourth-order valence-electron chi connectivity index (χ4n) is 4.59. The van der Waals surface area contributed by atoms with Crippen molar-refractivity contribution in [2.45, 2.75) is 18.4 Å². The number of fused-ring (bicyclic) bond motifs is 5. The highest BCUT2D eigenvalue weighted by Gasteiger charge is 2.39. The molecule has 5 nitrogen and oxygen atoms in total. The number of rotatable bonds is 2. The first-order valence-electron chi connectivity index (χ1n) is 9.05. The number of nitro groups is 1. The van der Waals surface area contributed by atoms with Crippen LogP contribution >= 0.6 is 0 Å². The molecule has 0 spiro atoms. The number of aromatic hydroxyl groups is 1. The predicted molar refractivity (Wildman–Crippen MR) is 105 cm³/mol. The topological polar surface area (TPSA) is 75.4 Å². The van der Waals surface area contributed by atoms with Crippen LogP contribution in [0.5, 0.6) is 5.75 Å². The van der Waals surface area contributed by atoms with Crippen LogP contribution in [0.15, 0.2) is 66.7 Å². The molecule has 3 atom stereocenters. The van der Waals surface area contributed by atoms with Crippen LogP contribution in [-0.4, -0.2) is 10.0 Å². The van der Waals surface area contributed by atoms with E-state index in [0.29, 0.717) is 0 Å². The zero-order valence-corrected chi connectivity index (χ0v) is 14.5. The molecule has 3 aromatic carbocycles. The number of phenols is 1. The van der Waals surface area contributed by atoms with Gasteiger partial charge in [-0.25, -0.2) is 0 Å². The maximum atomic E-state index is 11.2. The van der Waals surface area contributed by atoms with E-state index in [1.54, 1.807) is 6.07 Å². The average Bonchev–Trinajstić information content (AvgIpc) is 3.17. The molecule has 3 aromatic rings. The van der Waals surface area contributed by atoms with Gasteiger partial charge in [0.15, 0.2) is 5.75 Å². The molecule has 1 aliphatic carbocycles. The van der Waals surface area contributed by atoms with E-state index in [4.69, 9.17) is 0 Å². The summed E-state index contributed by atoms with van der Waals surface area (Å²) in [7, 11) is 0. The van der Waals surface area contributed by atoms with E-state index in [1.807, 2.05) is 6.07 Å². The van der Waals surface area contributed by atoms with Gasteiger partial charge in [0.1, 0.15) is 0 Å². The van der Waals surface area contributed by atoms with Crippen LogP contribution < -0.4 is 5.32 Å². The second kappa shape index (κ2) is 5.84. The summed E-state index contributed by atoms with van der Waals surface area (Å²) in [6, 6.07) is 17.2. The summed E-state index contributed by atoms with van der Waals surface area (Å²) in [5.74, 6) is 0.254. The number of allylic oxidation sites excluding steroid dienone is 2. The third-order valence-corrected chi connectivity index (χ3v) is 5.81. The molecule has 0 fully saturated rings. The summed E-state index contributed by atoms with van der Waals surface area (Å²) < 4.78 is 0. The van der Waals surface area contributed by atoms with Crippen molar-refractivity contribution in [2.24, 2.45) is 5.92 Å². The van der Waals surface area contributed by atoms with Gasteiger partial charge in [-0.3, -0.25) is 10.1 Å². The number of nitro benzene ring substituents is 1. The normalized spacial score (nSPS) is 22.9. The molecule has 27 heavy (non-hydrogen) atoms. The predicted octanol–water partition coefficient (Wildman–Crippen LogP) is 5.28. The van der Waals surface area contributed by atoms with Crippen molar-refractivity contribution >= 4 is 22.1 Å². The van der Waals surface area contributed by atoms with Gasteiger partial charge in [0, 0.05) is 17.7 Å². The van der Waals surface area contributed by atoms with Gasteiger partial charge in [-0.2, -0.15) is 0 Å². The minimum absolute atomic E-state index is 0.0436. The lowest BCUT2D eigenvalue weighted by atomic mass is 9.75. The largest absolute Gasteiger partial charge is 0.502 e. The average molecular weight is 358 g/mol. The molecule has 1 aliphatic heterocycles. The van der Waals surface area contributed by atoms with Crippen molar-refractivity contribution in [3.63, 3.8) is 0 Å². The van der Waals surface area contributed by atoms with Crippen LogP contribution in [0, 0.1) is 16.0 Å². The number of nitrogens with one attached hydrogen (secondary N) is 1. The number of hydrogen-bond acceptors (Lipinski definition) is 4. The quantitative estimate of drug-likeness (QED) is 0.371.